The Kier molecular flexibility index (Phi) is 7.91. The van der Waals surface area contributed by atoms with E-state index in [9.17, 15) is 14.4 Å². The summed E-state index contributed by atoms with van der Waals surface area (Å²) in [6, 6.07) is 6.22. The van der Waals surface area contributed by atoms with Gasteiger partial charge in [-0.15, -0.1) is 0 Å². The molecular formula is C18H26N2O5. The number of nitrogens with one attached hydrogen (secondary N) is 2. The van der Waals surface area contributed by atoms with Gasteiger partial charge in [0.05, 0.1) is 5.56 Å². The summed E-state index contributed by atoms with van der Waals surface area (Å²) in [6.07, 6.45) is 1.23. The Morgan fingerprint density at radius 1 is 1.16 bits per heavy atom. The molecule has 0 fully saturated rings. The summed E-state index contributed by atoms with van der Waals surface area (Å²) in [6.45, 7) is 7.50. The zero-order valence-electron chi connectivity index (χ0n) is 15.2. The molecule has 0 atom stereocenters. The monoisotopic (exact) mass is 350 g/mol. The van der Waals surface area contributed by atoms with Crippen LogP contribution in [0.5, 0.6) is 0 Å². The Hall–Kier alpha value is -2.57. The summed E-state index contributed by atoms with van der Waals surface area (Å²) < 4.78 is 10.1. The zero-order chi connectivity index (χ0) is 18.9. The van der Waals surface area contributed by atoms with E-state index in [1.54, 1.807) is 32.9 Å². The molecule has 138 valence electrons. The standard InChI is InChI=1S/C18H26N2O5/c1-5-6-10-19-15(21)12-24-16(22)13-8-7-9-14(11-13)20-17(23)25-18(2,3)4/h7-9,11H,5-6,10,12H2,1-4H3,(H,19,21)(H,20,23). The highest BCUT2D eigenvalue weighted by Gasteiger charge is 2.17. The van der Waals surface area contributed by atoms with Crippen LogP contribution in [0.25, 0.3) is 0 Å². The van der Waals surface area contributed by atoms with E-state index >= 15 is 0 Å². The highest BCUT2D eigenvalue weighted by atomic mass is 16.6. The lowest BCUT2D eigenvalue weighted by Gasteiger charge is -2.19. The second kappa shape index (κ2) is 9.66. The molecule has 0 aliphatic rings. The van der Waals surface area contributed by atoms with Crippen LogP contribution in [0.4, 0.5) is 10.5 Å². The van der Waals surface area contributed by atoms with Crippen LogP contribution in [0, 0.1) is 0 Å². The van der Waals surface area contributed by atoms with Gasteiger partial charge in [0.25, 0.3) is 5.91 Å². The van der Waals surface area contributed by atoms with Gasteiger partial charge in [-0.3, -0.25) is 10.1 Å². The van der Waals surface area contributed by atoms with Gasteiger partial charge in [0.2, 0.25) is 0 Å². The number of hydrogen-bond acceptors (Lipinski definition) is 5. The second-order valence-electron chi connectivity index (χ2n) is 6.49. The molecule has 0 saturated carbocycles. The minimum Gasteiger partial charge on any atom is -0.452 e. The van der Waals surface area contributed by atoms with Crippen molar-refractivity contribution in [2.24, 2.45) is 0 Å². The first kappa shape index (κ1) is 20.5. The van der Waals surface area contributed by atoms with E-state index in [0.29, 0.717) is 12.2 Å². The number of rotatable bonds is 7. The summed E-state index contributed by atoms with van der Waals surface area (Å²) in [5, 5.41) is 5.20. The number of ether oxygens (including phenoxy) is 2. The van der Waals surface area contributed by atoms with Gasteiger partial charge in [-0.05, 0) is 45.4 Å². The molecule has 0 unspecified atom stereocenters. The molecule has 0 bridgehead atoms. The first-order valence-electron chi connectivity index (χ1n) is 8.25. The van der Waals surface area contributed by atoms with Crippen molar-refractivity contribution in [3.05, 3.63) is 29.8 Å². The summed E-state index contributed by atoms with van der Waals surface area (Å²) in [5.74, 6) is -0.983. The number of benzene rings is 1. The normalized spacial score (nSPS) is 10.7. The van der Waals surface area contributed by atoms with Crippen LogP contribution in [0.15, 0.2) is 24.3 Å². The summed E-state index contributed by atoms with van der Waals surface area (Å²) >= 11 is 0. The van der Waals surface area contributed by atoms with Crippen LogP contribution in [0.1, 0.15) is 50.9 Å². The lowest BCUT2D eigenvalue weighted by molar-refractivity contribution is -0.124. The number of amides is 2. The van der Waals surface area contributed by atoms with Crippen molar-refractivity contribution in [1.29, 1.82) is 0 Å². The Balaban J connectivity index is 2.54. The molecule has 0 aliphatic heterocycles. The number of hydrogen-bond donors (Lipinski definition) is 2. The molecular weight excluding hydrogens is 324 g/mol. The molecule has 1 aromatic carbocycles. The van der Waals surface area contributed by atoms with Gasteiger partial charge in [0, 0.05) is 12.2 Å². The van der Waals surface area contributed by atoms with Crippen LogP contribution in [0.3, 0.4) is 0 Å². The van der Waals surface area contributed by atoms with Gasteiger partial charge >= 0.3 is 12.1 Å². The molecule has 0 aliphatic carbocycles. The summed E-state index contributed by atoms with van der Waals surface area (Å²) in [4.78, 5) is 35.3. The van der Waals surface area contributed by atoms with E-state index in [1.807, 2.05) is 6.92 Å². The third-order valence-electron chi connectivity index (χ3n) is 2.93. The van der Waals surface area contributed by atoms with Crippen molar-refractivity contribution < 1.29 is 23.9 Å². The van der Waals surface area contributed by atoms with E-state index in [-0.39, 0.29) is 18.1 Å². The molecule has 0 spiro atoms. The van der Waals surface area contributed by atoms with Gasteiger partial charge in [0.15, 0.2) is 6.61 Å². The van der Waals surface area contributed by atoms with E-state index in [1.165, 1.54) is 12.1 Å². The fraction of sp³-hybridized carbons (Fsp3) is 0.500. The molecule has 0 heterocycles. The van der Waals surface area contributed by atoms with E-state index in [4.69, 9.17) is 9.47 Å². The molecule has 1 rings (SSSR count). The molecule has 0 radical (unpaired) electrons. The Bertz CT molecular complexity index is 608. The fourth-order valence-electron chi connectivity index (χ4n) is 1.82. The maximum atomic E-state index is 12.0. The lowest BCUT2D eigenvalue weighted by atomic mass is 10.2. The highest BCUT2D eigenvalue weighted by Crippen LogP contribution is 2.14. The van der Waals surface area contributed by atoms with Gasteiger partial charge in [-0.1, -0.05) is 19.4 Å². The number of carbonyl (C=O) groups excluding carboxylic acids is 3. The second-order valence-corrected chi connectivity index (χ2v) is 6.49. The predicted molar refractivity (Wildman–Crippen MR) is 94.5 cm³/mol. The first-order valence-corrected chi connectivity index (χ1v) is 8.25. The minimum atomic E-state index is -0.640. The maximum Gasteiger partial charge on any atom is 0.412 e. The number of anilines is 1. The van der Waals surface area contributed by atoms with E-state index in [2.05, 4.69) is 10.6 Å². The van der Waals surface area contributed by atoms with Gasteiger partial charge < -0.3 is 14.8 Å². The Labute approximate surface area is 148 Å². The number of unbranched alkanes of at least 4 members (excludes halogenated alkanes) is 1. The van der Waals surface area contributed by atoms with Crippen molar-refractivity contribution in [2.45, 2.75) is 46.1 Å². The van der Waals surface area contributed by atoms with Crippen LogP contribution < -0.4 is 10.6 Å². The van der Waals surface area contributed by atoms with Crippen LogP contribution >= 0.6 is 0 Å². The summed E-state index contributed by atoms with van der Waals surface area (Å²) in [5.41, 5.74) is 0.0113. The smallest absolute Gasteiger partial charge is 0.412 e. The zero-order valence-corrected chi connectivity index (χ0v) is 15.2. The molecule has 7 heteroatoms. The van der Waals surface area contributed by atoms with E-state index in [0.717, 1.165) is 12.8 Å². The van der Waals surface area contributed by atoms with Crippen molar-refractivity contribution >= 4 is 23.7 Å². The molecule has 25 heavy (non-hydrogen) atoms. The average Bonchev–Trinajstić information content (AvgIpc) is 2.51. The largest absolute Gasteiger partial charge is 0.452 e. The SMILES string of the molecule is CCCCNC(=O)COC(=O)c1cccc(NC(=O)OC(C)(C)C)c1. The van der Waals surface area contributed by atoms with Crippen LogP contribution in [0.2, 0.25) is 0 Å². The summed E-state index contributed by atoms with van der Waals surface area (Å²) in [7, 11) is 0. The Morgan fingerprint density at radius 2 is 1.88 bits per heavy atom. The van der Waals surface area contributed by atoms with Gasteiger partial charge in [-0.25, -0.2) is 9.59 Å². The van der Waals surface area contributed by atoms with Crippen LogP contribution in [-0.2, 0) is 14.3 Å². The highest BCUT2D eigenvalue weighted by molar-refractivity contribution is 5.93. The fourth-order valence-corrected chi connectivity index (χ4v) is 1.82. The van der Waals surface area contributed by atoms with Gasteiger partial charge in [0.1, 0.15) is 5.60 Å². The predicted octanol–water partition coefficient (Wildman–Crippen LogP) is 3.11. The first-order chi connectivity index (χ1) is 11.7. The Morgan fingerprint density at radius 3 is 2.52 bits per heavy atom. The molecule has 0 saturated heterocycles. The molecule has 1 aromatic rings. The molecule has 2 amide bonds. The van der Waals surface area contributed by atoms with Crippen molar-refractivity contribution in [3.8, 4) is 0 Å². The minimum absolute atomic E-state index is 0.231. The molecule has 0 aromatic heterocycles. The van der Waals surface area contributed by atoms with E-state index < -0.39 is 17.7 Å². The third kappa shape index (κ3) is 8.74. The number of carbonyl (C=O) groups is 3. The third-order valence-corrected chi connectivity index (χ3v) is 2.93. The van der Waals surface area contributed by atoms with Crippen molar-refractivity contribution in [1.82, 2.24) is 5.32 Å². The molecule has 7 nitrogen and oxygen atoms in total. The maximum absolute atomic E-state index is 12.0. The quantitative estimate of drug-likeness (QED) is 0.582. The topological polar surface area (TPSA) is 93.7 Å². The average molecular weight is 350 g/mol. The molecule has 2 N–H and O–H groups in total. The lowest BCUT2D eigenvalue weighted by Crippen LogP contribution is -2.29. The van der Waals surface area contributed by atoms with Crippen LogP contribution in [-0.4, -0.2) is 36.7 Å². The van der Waals surface area contributed by atoms with Gasteiger partial charge in [-0.2, -0.15) is 0 Å². The number of esters is 1. The van der Waals surface area contributed by atoms with Crippen molar-refractivity contribution in [3.63, 3.8) is 0 Å². The van der Waals surface area contributed by atoms with Crippen molar-refractivity contribution in [2.75, 3.05) is 18.5 Å².